The molecule has 39 heavy (non-hydrogen) atoms. The molecule has 13 nitrogen and oxygen atoms in total. The minimum Gasteiger partial charge on any atom is -0.449 e. The number of carbonyl (C=O) groups excluding carboxylic acids is 2. The lowest BCUT2D eigenvalue weighted by Crippen LogP contribution is -2.46. The number of imidazole rings is 1. The van der Waals surface area contributed by atoms with E-state index in [9.17, 15) is 19.8 Å². The highest BCUT2D eigenvalue weighted by Gasteiger charge is 2.32. The van der Waals surface area contributed by atoms with Crippen molar-refractivity contribution in [3.63, 3.8) is 0 Å². The van der Waals surface area contributed by atoms with Crippen LogP contribution >= 0.6 is 0 Å². The molecule has 0 bridgehead atoms. The second kappa shape index (κ2) is 13.1. The minimum atomic E-state index is -1.38. The third-order valence-corrected chi connectivity index (χ3v) is 6.61. The molecule has 5 N–H and O–H groups in total. The van der Waals surface area contributed by atoms with Gasteiger partial charge in [0.05, 0.1) is 19.5 Å². The van der Waals surface area contributed by atoms with Gasteiger partial charge in [0.1, 0.15) is 18.4 Å². The van der Waals surface area contributed by atoms with Crippen LogP contribution in [0.4, 0.5) is 10.6 Å². The lowest BCUT2D eigenvalue weighted by Gasteiger charge is -2.30. The number of anilines is 1. The number of hydrogen-bond donors (Lipinski definition) is 4. The molecular formula is C26H37N7O6. The molecule has 3 heterocycles. The van der Waals surface area contributed by atoms with Gasteiger partial charge in [-0.2, -0.15) is 0 Å². The van der Waals surface area contributed by atoms with Gasteiger partial charge in [0.2, 0.25) is 5.82 Å². The summed E-state index contributed by atoms with van der Waals surface area (Å²) in [5.74, 6) is 6.67. The summed E-state index contributed by atoms with van der Waals surface area (Å²) >= 11 is 0. The topological polar surface area (TPSA) is 178 Å². The smallest absolute Gasteiger partial charge is 0.409 e. The lowest BCUT2D eigenvalue weighted by atomic mass is 9.94. The van der Waals surface area contributed by atoms with Crippen LogP contribution in [0.15, 0.2) is 6.33 Å². The van der Waals surface area contributed by atoms with Crippen LogP contribution in [0.5, 0.6) is 0 Å². The maximum Gasteiger partial charge on any atom is 0.409 e. The van der Waals surface area contributed by atoms with E-state index >= 15 is 0 Å². The number of nitrogens with two attached hydrogens (primary N) is 1. The maximum absolute atomic E-state index is 12.5. The number of nitrogens with zero attached hydrogens (tertiary/aromatic N) is 5. The number of aliphatic hydroxyl groups is 2. The number of hydrogen-bond acceptors (Lipinski definition) is 10. The first kappa shape index (κ1) is 28.5. The fourth-order valence-corrected chi connectivity index (χ4v) is 4.17. The number of amides is 2. The highest BCUT2D eigenvalue weighted by molar-refractivity contribution is 5.82. The Morgan fingerprint density at radius 2 is 1.97 bits per heavy atom. The van der Waals surface area contributed by atoms with E-state index in [4.69, 9.17) is 15.2 Å². The number of aliphatic hydroxyl groups excluding tert-OH is 2. The standard InChI is InChI=1S/C26H37N7O6/c1-16(2)13-38-26(37)32-10-8-17(9-11-32)4-3-5-20-30-23(27)21-24(31-20)33(14-28-21)15-39-22(19(35)12-34)25(36)29-18-6-7-18/h14,16-19,22,34-35H,4,6-13,15H2,1-2H3,(H,29,36)(H2,27,30,31). The van der Waals surface area contributed by atoms with E-state index in [2.05, 4.69) is 32.1 Å². The second-order valence-corrected chi connectivity index (χ2v) is 10.5. The molecule has 1 aliphatic heterocycles. The van der Waals surface area contributed by atoms with Gasteiger partial charge in [0.15, 0.2) is 17.6 Å². The average molecular weight is 544 g/mol. The Labute approximate surface area is 227 Å². The van der Waals surface area contributed by atoms with Crippen LogP contribution in [-0.2, 0) is 21.0 Å². The van der Waals surface area contributed by atoms with E-state index in [1.807, 2.05) is 13.8 Å². The van der Waals surface area contributed by atoms with E-state index in [-0.39, 0.29) is 30.5 Å². The predicted molar refractivity (Wildman–Crippen MR) is 141 cm³/mol. The van der Waals surface area contributed by atoms with Crippen LogP contribution in [0.25, 0.3) is 11.2 Å². The summed E-state index contributed by atoms with van der Waals surface area (Å²) in [6.07, 6.45) is 2.64. The molecule has 1 saturated heterocycles. The number of likely N-dealkylation sites (tertiary alicyclic amines) is 1. The molecule has 2 atom stereocenters. The maximum atomic E-state index is 12.5. The van der Waals surface area contributed by atoms with Gasteiger partial charge in [-0.3, -0.25) is 9.36 Å². The van der Waals surface area contributed by atoms with Gasteiger partial charge < -0.3 is 35.6 Å². The third-order valence-electron chi connectivity index (χ3n) is 6.61. The van der Waals surface area contributed by atoms with Gasteiger partial charge in [0.25, 0.3) is 5.91 Å². The molecule has 1 aliphatic carbocycles. The Morgan fingerprint density at radius 3 is 2.64 bits per heavy atom. The molecule has 2 aromatic heterocycles. The monoisotopic (exact) mass is 543 g/mol. The number of carbonyl (C=O) groups is 2. The molecule has 212 valence electrons. The van der Waals surface area contributed by atoms with Crippen molar-refractivity contribution in [2.45, 2.75) is 70.9 Å². The fraction of sp³-hybridized carbons (Fsp3) is 0.654. The quantitative estimate of drug-likeness (QED) is 0.311. The highest BCUT2D eigenvalue weighted by atomic mass is 16.6. The van der Waals surface area contributed by atoms with E-state index < -0.39 is 24.7 Å². The van der Waals surface area contributed by atoms with Crippen molar-refractivity contribution in [3.05, 3.63) is 12.2 Å². The zero-order valence-corrected chi connectivity index (χ0v) is 22.4. The molecule has 0 radical (unpaired) electrons. The predicted octanol–water partition coefficient (Wildman–Crippen LogP) is 0.629. The van der Waals surface area contributed by atoms with E-state index in [1.54, 1.807) is 4.90 Å². The van der Waals surface area contributed by atoms with Gasteiger partial charge in [-0.15, -0.1) is 0 Å². The van der Waals surface area contributed by atoms with Crippen LogP contribution in [0, 0.1) is 23.7 Å². The molecule has 2 aromatic rings. The van der Waals surface area contributed by atoms with Crippen LogP contribution in [0.2, 0.25) is 0 Å². The number of rotatable bonds is 10. The fourth-order valence-electron chi connectivity index (χ4n) is 4.17. The summed E-state index contributed by atoms with van der Waals surface area (Å²) in [5, 5.41) is 22.2. The largest absolute Gasteiger partial charge is 0.449 e. The molecule has 0 spiro atoms. The summed E-state index contributed by atoms with van der Waals surface area (Å²) in [6, 6.07) is 0.0796. The van der Waals surface area contributed by atoms with Crippen molar-refractivity contribution in [2.24, 2.45) is 11.8 Å². The Bertz CT molecular complexity index is 1210. The van der Waals surface area contributed by atoms with Gasteiger partial charge in [-0.1, -0.05) is 19.8 Å². The Morgan fingerprint density at radius 1 is 1.23 bits per heavy atom. The van der Waals surface area contributed by atoms with Gasteiger partial charge in [-0.05, 0) is 43.4 Å². The van der Waals surface area contributed by atoms with Crippen molar-refractivity contribution < 1.29 is 29.3 Å². The van der Waals surface area contributed by atoms with Crippen molar-refractivity contribution >= 4 is 29.0 Å². The molecule has 2 fully saturated rings. The minimum absolute atomic E-state index is 0.0796. The molecular weight excluding hydrogens is 506 g/mol. The highest BCUT2D eigenvalue weighted by Crippen LogP contribution is 2.22. The number of aromatic nitrogens is 4. The Hall–Kier alpha value is -3.47. The first-order valence-electron chi connectivity index (χ1n) is 13.3. The van der Waals surface area contributed by atoms with Gasteiger partial charge in [-0.25, -0.2) is 19.7 Å². The summed E-state index contributed by atoms with van der Waals surface area (Å²) in [5.41, 5.74) is 6.82. The number of piperidine rings is 1. The van der Waals surface area contributed by atoms with E-state index in [0.29, 0.717) is 49.1 Å². The van der Waals surface area contributed by atoms with Gasteiger partial charge in [0, 0.05) is 25.6 Å². The number of fused-ring (bicyclic) bond motifs is 1. The van der Waals surface area contributed by atoms with Crippen molar-refractivity contribution in [3.8, 4) is 11.8 Å². The normalized spacial score (nSPS) is 17.5. The molecule has 0 aromatic carbocycles. The number of nitrogen functional groups attached to an aromatic ring is 1. The van der Waals surface area contributed by atoms with Crippen molar-refractivity contribution in [1.82, 2.24) is 29.7 Å². The van der Waals surface area contributed by atoms with Gasteiger partial charge >= 0.3 is 6.09 Å². The lowest BCUT2D eigenvalue weighted by molar-refractivity contribution is -0.147. The SMILES string of the molecule is CC(C)COC(=O)N1CCC(CC#Cc2nc(N)c3ncn(COC(C(=O)NC4CC4)C(O)CO)c3n2)CC1. The van der Waals surface area contributed by atoms with Crippen LogP contribution < -0.4 is 11.1 Å². The van der Waals surface area contributed by atoms with Crippen molar-refractivity contribution in [2.75, 3.05) is 32.0 Å². The molecule has 4 rings (SSSR count). The van der Waals surface area contributed by atoms with Crippen LogP contribution in [-0.4, -0.2) is 91.2 Å². The first-order valence-corrected chi connectivity index (χ1v) is 13.3. The zero-order valence-electron chi connectivity index (χ0n) is 22.4. The van der Waals surface area contributed by atoms with Crippen LogP contribution in [0.1, 0.15) is 51.8 Å². The number of nitrogens with one attached hydrogen (secondary N) is 1. The van der Waals surface area contributed by atoms with E-state index in [0.717, 1.165) is 25.7 Å². The molecule has 2 amide bonds. The summed E-state index contributed by atoms with van der Waals surface area (Å²) < 4.78 is 12.5. The molecule has 2 aliphatic rings. The summed E-state index contributed by atoms with van der Waals surface area (Å²) in [6.45, 7) is 4.94. The Kier molecular flexibility index (Phi) is 9.55. The molecule has 1 saturated carbocycles. The average Bonchev–Trinajstić information content (AvgIpc) is 3.64. The Balaban J connectivity index is 1.35. The zero-order chi connectivity index (χ0) is 27.9. The van der Waals surface area contributed by atoms with Crippen LogP contribution in [0.3, 0.4) is 0 Å². The third kappa shape index (κ3) is 7.78. The summed E-state index contributed by atoms with van der Waals surface area (Å²) in [4.78, 5) is 39.3. The first-order chi connectivity index (χ1) is 18.7. The summed E-state index contributed by atoms with van der Waals surface area (Å²) in [7, 11) is 0. The van der Waals surface area contributed by atoms with E-state index in [1.165, 1.54) is 10.9 Å². The number of ether oxygens (including phenoxy) is 2. The van der Waals surface area contributed by atoms with Crippen molar-refractivity contribution in [1.29, 1.82) is 0 Å². The molecule has 2 unspecified atom stereocenters. The second-order valence-electron chi connectivity index (χ2n) is 10.5. The molecule has 13 heteroatoms.